The number of nitrogens with zero attached hydrogens (tertiary/aromatic N) is 3. The number of aryl methyl sites for hydroxylation is 2. The molecular formula is C30H32N4O11. The smallest absolute Gasteiger partial charge is 0.336 e. The summed E-state index contributed by atoms with van der Waals surface area (Å²) in [5.74, 6) is -3.79. The Morgan fingerprint density at radius 1 is 0.911 bits per heavy atom. The second-order valence-corrected chi connectivity index (χ2v) is 9.85. The summed E-state index contributed by atoms with van der Waals surface area (Å²) < 4.78 is 18.7. The summed E-state index contributed by atoms with van der Waals surface area (Å²) in [5, 5.41) is 39.0. The fraction of sp³-hybridized carbons (Fsp3) is 0.267. The number of nitrogens with two attached hydrogens (primary N) is 1. The van der Waals surface area contributed by atoms with Crippen LogP contribution in [0.25, 0.3) is 10.9 Å². The standard InChI is InChI=1S/C24H24N4O4.C6H8O7/c1-14-19(13-28(2)27-14)23(24(25)29)18-8-6-16(12-22(18)31-4)32-21-9-10-26-20-11-15(30-3)5-7-17(20)21;7-3(8)1-6(13,5(11)12)2-4(9)10/h5-13,23H,1-4H3,(H2,25,29);13H,1-2H2,(H,7,8)(H,9,10)(H,11,12). The largest absolute Gasteiger partial charge is 0.497 e. The van der Waals surface area contributed by atoms with Crippen LogP contribution in [0.5, 0.6) is 23.0 Å². The minimum atomic E-state index is -2.74. The van der Waals surface area contributed by atoms with Crippen molar-refractivity contribution in [3.05, 3.63) is 71.7 Å². The number of aromatic nitrogens is 3. The van der Waals surface area contributed by atoms with E-state index in [2.05, 4.69) is 10.1 Å². The number of aliphatic carboxylic acids is 3. The quantitative estimate of drug-likeness (QED) is 0.153. The Bertz CT molecular complexity index is 1720. The van der Waals surface area contributed by atoms with Gasteiger partial charge in [0.2, 0.25) is 5.91 Å². The molecule has 0 aliphatic rings. The average molecular weight is 625 g/mol. The molecule has 1 amide bonds. The van der Waals surface area contributed by atoms with Gasteiger partial charge in [-0.05, 0) is 31.2 Å². The van der Waals surface area contributed by atoms with Gasteiger partial charge in [0.1, 0.15) is 23.0 Å². The number of carboxylic acids is 3. The van der Waals surface area contributed by atoms with E-state index < -0.39 is 48.2 Å². The van der Waals surface area contributed by atoms with E-state index in [1.54, 1.807) is 62.6 Å². The Balaban J connectivity index is 0.000000360. The molecule has 0 saturated carbocycles. The maximum absolute atomic E-state index is 12.4. The van der Waals surface area contributed by atoms with E-state index in [1.165, 1.54) is 0 Å². The minimum Gasteiger partial charge on any atom is -0.497 e. The number of aliphatic hydroxyl groups is 1. The molecule has 15 heteroatoms. The van der Waals surface area contributed by atoms with Crippen molar-refractivity contribution in [3.8, 4) is 23.0 Å². The monoisotopic (exact) mass is 624 g/mol. The first-order valence-electron chi connectivity index (χ1n) is 13.2. The number of carbonyl (C=O) groups excluding carboxylic acids is 1. The molecule has 2 aromatic carbocycles. The van der Waals surface area contributed by atoms with Gasteiger partial charge in [-0.3, -0.25) is 24.0 Å². The zero-order valence-corrected chi connectivity index (χ0v) is 24.8. The number of amides is 1. The highest BCUT2D eigenvalue weighted by atomic mass is 16.5. The third kappa shape index (κ3) is 8.23. The van der Waals surface area contributed by atoms with Crippen molar-refractivity contribution in [3.63, 3.8) is 0 Å². The van der Waals surface area contributed by atoms with E-state index >= 15 is 0 Å². The topological polar surface area (TPSA) is 234 Å². The molecule has 1 atom stereocenters. The predicted molar refractivity (Wildman–Crippen MR) is 157 cm³/mol. The van der Waals surface area contributed by atoms with E-state index in [0.29, 0.717) is 22.8 Å². The molecule has 0 bridgehead atoms. The lowest BCUT2D eigenvalue weighted by atomic mass is 9.90. The van der Waals surface area contributed by atoms with Gasteiger partial charge in [0.15, 0.2) is 5.60 Å². The molecule has 4 rings (SSSR count). The van der Waals surface area contributed by atoms with Crippen LogP contribution in [-0.4, -0.2) is 78.8 Å². The molecule has 6 N–H and O–H groups in total. The van der Waals surface area contributed by atoms with Crippen LogP contribution in [-0.2, 0) is 26.2 Å². The summed E-state index contributed by atoms with van der Waals surface area (Å²) in [7, 11) is 4.96. The Morgan fingerprint density at radius 2 is 1.56 bits per heavy atom. The maximum Gasteiger partial charge on any atom is 0.336 e. The third-order valence-corrected chi connectivity index (χ3v) is 6.59. The van der Waals surface area contributed by atoms with Crippen molar-refractivity contribution < 1.29 is 53.8 Å². The molecular weight excluding hydrogens is 592 g/mol. The molecule has 4 aromatic rings. The normalized spacial score (nSPS) is 11.6. The van der Waals surface area contributed by atoms with Gasteiger partial charge >= 0.3 is 17.9 Å². The summed E-state index contributed by atoms with van der Waals surface area (Å²) in [6, 6.07) is 12.7. The Labute approximate surface area is 256 Å². The molecule has 0 radical (unpaired) electrons. The number of primary amides is 1. The Kier molecular flexibility index (Phi) is 10.7. The molecule has 238 valence electrons. The van der Waals surface area contributed by atoms with Crippen LogP contribution in [0.4, 0.5) is 0 Å². The number of hydrogen-bond acceptors (Lipinski definition) is 10. The summed E-state index contributed by atoms with van der Waals surface area (Å²) in [5.41, 5.74) is 5.90. The van der Waals surface area contributed by atoms with Crippen LogP contribution < -0.4 is 19.9 Å². The first kappa shape index (κ1) is 33.8. The van der Waals surface area contributed by atoms with Crippen molar-refractivity contribution in [2.75, 3.05) is 14.2 Å². The molecule has 0 aliphatic heterocycles. The number of carbonyl (C=O) groups is 4. The molecule has 2 heterocycles. The molecule has 45 heavy (non-hydrogen) atoms. The zero-order valence-electron chi connectivity index (χ0n) is 24.8. The number of hydrogen-bond donors (Lipinski definition) is 5. The van der Waals surface area contributed by atoms with Gasteiger partial charge in [-0.25, -0.2) is 4.79 Å². The van der Waals surface area contributed by atoms with Gasteiger partial charge in [-0.2, -0.15) is 5.10 Å². The van der Waals surface area contributed by atoms with Crippen LogP contribution >= 0.6 is 0 Å². The number of ether oxygens (including phenoxy) is 3. The highest BCUT2D eigenvalue weighted by Crippen LogP contribution is 2.38. The highest BCUT2D eigenvalue weighted by Gasteiger charge is 2.40. The van der Waals surface area contributed by atoms with Crippen LogP contribution in [0.15, 0.2) is 54.9 Å². The molecule has 0 fully saturated rings. The van der Waals surface area contributed by atoms with Gasteiger partial charge in [-0.1, -0.05) is 6.07 Å². The average Bonchev–Trinajstić information content (AvgIpc) is 3.29. The first-order chi connectivity index (χ1) is 21.2. The SMILES string of the molecule is COc1ccc2c(Oc3ccc(C(C(N)=O)c4cn(C)nc4C)c(OC)c3)ccnc2c1.O=C(O)CC(O)(CC(=O)O)C(=O)O. The Morgan fingerprint density at radius 3 is 2.07 bits per heavy atom. The van der Waals surface area contributed by atoms with Gasteiger partial charge in [-0.15, -0.1) is 0 Å². The Hall–Kier alpha value is -5.70. The van der Waals surface area contributed by atoms with Crippen LogP contribution in [0.3, 0.4) is 0 Å². The lowest BCUT2D eigenvalue weighted by Crippen LogP contribution is -2.42. The van der Waals surface area contributed by atoms with Gasteiger partial charge in [0.25, 0.3) is 0 Å². The number of methoxy groups -OCH3 is 2. The summed E-state index contributed by atoms with van der Waals surface area (Å²) >= 11 is 0. The van der Waals surface area contributed by atoms with Crippen molar-refractivity contribution >= 4 is 34.7 Å². The molecule has 15 nitrogen and oxygen atoms in total. The predicted octanol–water partition coefficient (Wildman–Crippen LogP) is 2.45. The van der Waals surface area contributed by atoms with Crippen LogP contribution in [0.2, 0.25) is 0 Å². The molecule has 0 aliphatic carbocycles. The third-order valence-electron chi connectivity index (χ3n) is 6.59. The summed E-state index contributed by atoms with van der Waals surface area (Å²) in [4.78, 5) is 47.3. The number of benzene rings is 2. The van der Waals surface area contributed by atoms with E-state index in [4.69, 9.17) is 40.4 Å². The minimum absolute atomic E-state index is 0.484. The fourth-order valence-corrected chi connectivity index (χ4v) is 4.53. The highest BCUT2D eigenvalue weighted by molar-refractivity contribution is 5.89. The number of pyridine rings is 1. The fourth-order valence-electron chi connectivity index (χ4n) is 4.53. The summed E-state index contributed by atoms with van der Waals surface area (Å²) in [6.45, 7) is 1.85. The molecule has 0 saturated heterocycles. The zero-order chi connectivity index (χ0) is 33.5. The lowest BCUT2D eigenvalue weighted by Gasteiger charge is -2.18. The van der Waals surface area contributed by atoms with Crippen molar-refractivity contribution in [1.29, 1.82) is 0 Å². The van der Waals surface area contributed by atoms with Gasteiger partial charge < -0.3 is 40.4 Å². The number of carboxylic acid groups (broad SMARTS) is 3. The van der Waals surface area contributed by atoms with Crippen molar-refractivity contribution in [2.24, 2.45) is 12.8 Å². The number of rotatable bonds is 12. The van der Waals surface area contributed by atoms with E-state index in [1.807, 2.05) is 25.1 Å². The van der Waals surface area contributed by atoms with Crippen molar-refractivity contribution in [2.45, 2.75) is 31.3 Å². The lowest BCUT2D eigenvalue weighted by molar-refractivity contribution is -0.170. The summed E-state index contributed by atoms with van der Waals surface area (Å²) in [6.07, 6.45) is 1.19. The first-order valence-corrected chi connectivity index (χ1v) is 13.2. The van der Waals surface area contributed by atoms with Crippen LogP contribution in [0.1, 0.15) is 35.6 Å². The van der Waals surface area contributed by atoms with E-state index in [0.717, 1.165) is 27.9 Å². The maximum atomic E-state index is 12.4. The molecule has 0 spiro atoms. The van der Waals surface area contributed by atoms with E-state index in [-0.39, 0.29) is 0 Å². The molecule has 1 unspecified atom stereocenters. The van der Waals surface area contributed by atoms with Gasteiger partial charge in [0, 0.05) is 48.1 Å². The van der Waals surface area contributed by atoms with Gasteiger partial charge in [0.05, 0.1) is 44.2 Å². The number of fused-ring (bicyclic) bond motifs is 1. The van der Waals surface area contributed by atoms with Crippen LogP contribution in [0, 0.1) is 6.92 Å². The van der Waals surface area contributed by atoms with E-state index in [9.17, 15) is 19.2 Å². The molecule has 2 aromatic heterocycles. The second kappa shape index (κ2) is 14.2. The van der Waals surface area contributed by atoms with Crippen molar-refractivity contribution in [1.82, 2.24) is 14.8 Å². The second-order valence-electron chi connectivity index (χ2n) is 9.85.